The van der Waals surface area contributed by atoms with Crippen molar-refractivity contribution in [3.8, 4) is 0 Å². The summed E-state index contributed by atoms with van der Waals surface area (Å²) in [6, 6.07) is 28.1. The van der Waals surface area contributed by atoms with Crippen molar-refractivity contribution in [2.24, 2.45) is 5.92 Å². The lowest BCUT2D eigenvalue weighted by Gasteiger charge is -2.35. The zero-order valence-corrected chi connectivity index (χ0v) is 25.9. The number of nitrogens with zero attached hydrogens (tertiary/aromatic N) is 3. The third-order valence-electron chi connectivity index (χ3n) is 9.41. The van der Waals surface area contributed by atoms with Crippen LogP contribution >= 0.6 is 0 Å². The summed E-state index contributed by atoms with van der Waals surface area (Å²) in [6.07, 6.45) is 2.50. The minimum Gasteiger partial charge on any atom is -0.376 e. The van der Waals surface area contributed by atoms with Crippen LogP contribution in [-0.2, 0) is 21.6 Å². The molecule has 45 heavy (non-hydrogen) atoms. The van der Waals surface area contributed by atoms with E-state index in [1.807, 2.05) is 66.7 Å². The molecule has 9 heteroatoms. The molecule has 0 bridgehead atoms. The van der Waals surface area contributed by atoms with Gasteiger partial charge in [0.05, 0.1) is 18.8 Å². The Morgan fingerprint density at radius 2 is 1.80 bits per heavy atom. The number of aromatic nitrogens is 3. The molecule has 232 valence electrons. The summed E-state index contributed by atoms with van der Waals surface area (Å²) in [5.74, 6) is -0.0942. The quantitative estimate of drug-likeness (QED) is 0.213. The summed E-state index contributed by atoms with van der Waals surface area (Å²) in [5, 5.41) is 5.14. The molecule has 2 fully saturated rings. The number of rotatable bonds is 9. The largest absolute Gasteiger partial charge is 0.438 e. The highest BCUT2D eigenvalue weighted by Crippen LogP contribution is 2.56. The van der Waals surface area contributed by atoms with E-state index >= 15 is 0 Å². The summed E-state index contributed by atoms with van der Waals surface area (Å²) in [4.78, 5) is 31.1. The van der Waals surface area contributed by atoms with Crippen LogP contribution in [0.1, 0.15) is 66.5 Å². The van der Waals surface area contributed by atoms with Gasteiger partial charge < -0.3 is 18.9 Å². The standard InChI is InChI=1S/C36H38N4O5/c1-35(2)20-26(16-17-44-35)25-14-15-30-27(18-25)19-31(32(41)39(3)29-12-8-5-9-13-29)40(30)36(33-37-34(42)45-38-33)21-28(36)23-43-22-24-10-6-4-7-11-24/h4-15,18-19,26,28H,16-17,20-23H2,1-3H3,(H,37,38,42)/t26-,28+,36-/m0/s1. The number of aromatic amines is 1. The van der Waals surface area contributed by atoms with Crippen LogP contribution in [-0.4, -0.2) is 46.5 Å². The van der Waals surface area contributed by atoms with E-state index in [1.165, 1.54) is 5.56 Å². The van der Waals surface area contributed by atoms with Gasteiger partial charge in [0.2, 0.25) is 0 Å². The van der Waals surface area contributed by atoms with Crippen LogP contribution in [0.3, 0.4) is 0 Å². The van der Waals surface area contributed by atoms with Crippen LogP contribution in [0.2, 0.25) is 0 Å². The van der Waals surface area contributed by atoms with Crippen LogP contribution in [0.25, 0.3) is 10.9 Å². The summed E-state index contributed by atoms with van der Waals surface area (Å²) in [7, 11) is 1.78. The Morgan fingerprint density at radius 1 is 1.04 bits per heavy atom. The van der Waals surface area contributed by atoms with E-state index in [0.717, 1.165) is 41.6 Å². The Labute approximate surface area is 261 Å². The van der Waals surface area contributed by atoms with E-state index in [9.17, 15) is 9.59 Å². The number of hydrogen-bond acceptors (Lipinski definition) is 6. The molecule has 1 N–H and O–H groups in total. The predicted molar refractivity (Wildman–Crippen MR) is 172 cm³/mol. The molecule has 2 aromatic heterocycles. The second-order valence-electron chi connectivity index (χ2n) is 13.0. The van der Waals surface area contributed by atoms with Gasteiger partial charge in [-0.1, -0.05) is 59.8 Å². The van der Waals surface area contributed by atoms with Crippen molar-refractivity contribution in [3.63, 3.8) is 0 Å². The van der Waals surface area contributed by atoms with Gasteiger partial charge in [0.15, 0.2) is 5.82 Å². The highest BCUT2D eigenvalue weighted by molar-refractivity contribution is 6.08. The van der Waals surface area contributed by atoms with Crippen LogP contribution < -0.4 is 10.7 Å². The zero-order valence-electron chi connectivity index (χ0n) is 25.9. The minimum absolute atomic E-state index is 0.0536. The second kappa shape index (κ2) is 11.5. The Morgan fingerprint density at radius 3 is 2.51 bits per heavy atom. The molecule has 0 spiro atoms. The Hall–Kier alpha value is -4.47. The average Bonchev–Trinajstić information content (AvgIpc) is 3.37. The number of fused-ring (bicyclic) bond motifs is 1. The lowest BCUT2D eigenvalue weighted by Crippen LogP contribution is -2.33. The molecule has 3 heterocycles. The van der Waals surface area contributed by atoms with Gasteiger partial charge in [-0.25, -0.2) is 4.79 Å². The molecule has 1 aliphatic carbocycles. The lowest BCUT2D eigenvalue weighted by molar-refractivity contribution is -0.0592. The minimum atomic E-state index is -0.824. The van der Waals surface area contributed by atoms with E-state index in [2.05, 4.69) is 46.8 Å². The van der Waals surface area contributed by atoms with Gasteiger partial charge in [0, 0.05) is 36.2 Å². The van der Waals surface area contributed by atoms with Crippen molar-refractivity contribution < 1.29 is 18.8 Å². The molecule has 1 amide bonds. The van der Waals surface area contributed by atoms with Crippen LogP contribution in [0.15, 0.2) is 94.2 Å². The van der Waals surface area contributed by atoms with E-state index in [-0.39, 0.29) is 17.4 Å². The van der Waals surface area contributed by atoms with Crippen molar-refractivity contribution in [2.75, 3.05) is 25.2 Å². The molecule has 1 saturated carbocycles. The fourth-order valence-electron chi connectivity index (χ4n) is 7.03. The SMILES string of the molecule is CN(C(=O)c1cc2cc([C@H]3CCOC(C)(C)C3)ccc2n1[C@@]1(c2noc(=O)[nH]2)C[C@@H]1COCc1ccccc1)c1ccccc1. The monoisotopic (exact) mass is 606 g/mol. The summed E-state index contributed by atoms with van der Waals surface area (Å²) < 4.78 is 19.3. The topological polar surface area (TPSA) is 103 Å². The molecule has 0 unspecified atom stereocenters. The molecular weight excluding hydrogens is 568 g/mol. The average molecular weight is 607 g/mol. The Kier molecular flexibility index (Phi) is 7.46. The summed E-state index contributed by atoms with van der Waals surface area (Å²) >= 11 is 0. The number of carbonyl (C=O) groups excluding carboxylic acids is 1. The van der Waals surface area contributed by atoms with Crippen LogP contribution in [0, 0.1) is 5.92 Å². The number of amides is 1. The van der Waals surface area contributed by atoms with Gasteiger partial charge in [0.25, 0.3) is 5.91 Å². The van der Waals surface area contributed by atoms with Gasteiger partial charge in [0.1, 0.15) is 11.2 Å². The zero-order chi connectivity index (χ0) is 31.2. The summed E-state index contributed by atoms with van der Waals surface area (Å²) in [5.41, 5.74) is 3.48. The predicted octanol–water partition coefficient (Wildman–Crippen LogP) is 6.25. The maximum absolute atomic E-state index is 14.4. The van der Waals surface area contributed by atoms with E-state index in [0.29, 0.717) is 37.1 Å². The highest BCUT2D eigenvalue weighted by atomic mass is 16.5. The number of anilines is 1. The van der Waals surface area contributed by atoms with Gasteiger partial charge in [-0.3, -0.25) is 14.3 Å². The van der Waals surface area contributed by atoms with Gasteiger partial charge >= 0.3 is 5.76 Å². The van der Waals surface area contributed by atoms with Crippen molar-refractivity contribution in [1.29, 1.82) is 0 Å². The number of H-pyrrole nitrogens is 1. The molecule has 5 aromatic rings. The summed E-state index contributed by atoms with van der Waals surface area (Å²) in [6.45, 7) is 5.87. The van der Waals surface area contributed by atoms with Crippen molar-refractivity contribution >= 4 is 22.5 Å². The molecule has 3 atom stereocenters. The highest BCUT2D eigenvalue weighted by Gasteiger charge is 2.61. The first-order chi connectivity index (χ1) is 21.7. The number of benzene rings is 3. The van der Waals surface area contributed by atoms with Crippen molar-refractivity contribution in [3.05, 3.63) is 118 Å². The number of ether oxygens (including phenoxy) is 2. The normalized spacial score (nSPS) is 22.4. The smallest absolute Gasteiger partial charge is 0.376 e. The molecule has 7 rings (SSSR count). The number of nitrogens with one attached hydrogen (secondary N) is 1. The van der Waals surface area contributed by atoms with Crippen LogP contribution in [0.4, 0.5) is 5.69 Å². The van der Waals surface area contributed by atoms with E-state index in [4.69, 9.17) is 14.0 Å². The maximum Gasteiger partial charge on any atom is 0.438 e. The van der Waals surface area contributed by atoms with Crippen LogP contribution in [0.5, 0.6) is 0 Å². The van der Waals surface area contributed by atoms with E-state index < -0.39 is 11.3 Å². The molecule has 9 nitrogen and oxygen atoms in total. The Balaban J connectivity index is 1.32. The number of hydrogen-bond donors (Lipinski definition) is 1. The van der Waals surface area contributed by atoms with Gasteiger partial charge in [-0.15, -0.1) is 0 Å². The first kappa shape index (κ1) is 29.3. The first-order valence-corrected chi connectivity index (χ1v) is 15.6. The third kappa shape index (κ3) is 5.51. The fraction of sp³-hybridized carbons (Fsp3) is 0.361. The molecule has 1 aliphatic heterocycles. The van der Waals surface area contributed by atoms with E-state index in [1.54, 1.807) is 11.9 Å². The molecular formula is C36H38N4O5. The lowest BCUT2D eigenvalue weighted by atomic mass is 9.83. The van der Waals surface area contributed by atoms with Crippen molar-refractivity contribution in [1.82, 2.24) is 14.7 Å². The molecule has 2 aliphatic rings. The third-order valence-corrected chi connectivity index (χ3v) is 9.41. The number of para-hydroxylation sites is 1. The first-order valence-electron chi connectivity index (χ1n) is 15.6. The van der Waals surface area contributed by atoms with Crippen molar-refractivity contribution in [2.45, 2.75) is 56.8 Å². The molecule has 3 aromatic carbocycles. The second-order valence-corrected chi connectivity index (χ2v) is 13.0. The van der Waals surface area contributed by atoms with Gasteiger partial charge in [-0.05, 0) is 80.5 Å². The Bertz CT molecular complexity index is 1880. The number of carbonyl (C=O) groups is 1. The molecule has 1 saturated heterocycles. The maximum atomic E-state index is 14.4. The molecule has 0 radical (unpaired) electrons. The fourth-order valence-corrected chi connectivity index (χ4v) is 7.03. The van der Waals surface area contributed by atoms with Gasteiger partial charge in [-0.2, -0.15) is 0 Å².